The lowest BCUT2D eigenvalue weighted by Gasteiger charge is -2.35. The Labute approximate surface area is 123 Å². The zero-order chi connectivity index (χ0) is 15.5. The van der Waals surface area contributed by atoms with E-state index in [0.717, 1.165) is 44.2 Å². The average Bonchev–Trinajstić information content (AvgIpc) is 2.47. The summed E-state index contributed by atoms with van der Waals surface area (Å²) in [7, 11) is 1.22. The molecule has 0 bridgehead atoms. The van der Waals surface area contributed by atoms with Crippen molar-refractivity contribution in [2.75, 3.05) is 7.11 Å². The Morgan fingerprint density at radius 2 is 1.81 bits per heavy atom. The number of carbonyl (C=O) groups excluding carboxylic acids is 1. The van der Waals surface area contributed by atoms with Gasteiger partial charge in [0.25, 0.3) is 0 Å². The Kier molecular flexibility index (Phi) is 4.93. The zero-order valence-corrected chi connectivity index (χ0v) is 12.4. The Bertz CT molecular complexity index is 495. The van der Waals surface area contributed by atoms with Gasteiger partial charge in [-0.2, -0.15) is 0 Å². The second-order valence-electron chi connectivity index (χ2n) is 5.69. The summed E-state index contributed by atoms with van der Waals surface area (Å²) in [6.45, 7) is 1.48. The Morgan fingerprint density at radius 3 is 2.33 bits per heavy atom. The normalized spacial score (nSPS) is 19.0. The molecule has 0 amide bonds. The highest BCUT2D eigenvalue weighted by atomic mass is 19.1. The van der Waals surface area contributed by atoms with E-state index in [0.29, 0.717) is 0 Å². The second-order valence-corrected chi connectivity index (χ2v) is 5.69. The maximum absolute atomic E-state index is 14.1. The highest BCUT2D eigenvalue weighted by Crippen LogP contribution is 2.30. The van der Waals surface area contributed by atoms with E-state index in [-0.39, 0.29) is 11.6 Å². The van der Waals surface area contributed by atoms with Crippen molar-refractivity contribution >= 4 is 5.97 Å². The molecule has 21 heavy (non-hydrogen) atoms. The van der Waals surface area contributed by atoms with Gasteiger partial charge in [-0.3, -0.25) is 5.32 Å². The summed E-state index contributed by atoms with van der Waals surface area (Å²) >= 11 is 0. The van der Waals surface area contributed by atoms with Gasteiger partial charge in [-0.05, 0) is 31.9 Å². The number of rotatable bonds is 4. The number of esters is 1. The molecule has 1 aliphatic carbocycles. The molecule has 1 atom stereocenters. The molecule has 116 valence electrons. The van der Waals surface area contributed by atoms with E-state index in [4.69, 9.17) is 4.74 Å². The summed E-state index contributed by atoms with van der Waals surface area (Å²) in [5.41, 5.74) is -1.80. The first-order valence-corrected chi connectivity index (χ1v) is 7.29. The number of hydrogen-bond donors (Lipinski definition) is 1. The number of halogens is 2. The number of carbonyl (C=O) groups is 1. The molecule has 5 heteroatoms. The van der Waals surface area contributed by atoms with E-state index >= 15 is 0 Å². The van der Waals surface area contributed by atoms with Gasteiger partial charge < -0.3 is 4.74 Å². The van der Waals surface area contributed by atoms with Crippen molar-refractivity contribution in [1.29, 1.82) is 0 Å². The zero-order valence-electron chi connectivity index (χ0n) is 12.4. The lowest BCUT2D eigenvalue weighted by molar-refractivity contribution is -0.149. The summed E-state index contributed by atoms with van der Waals surface area (Å²) in [5.74, 6) is -2.17. The Morgan fingerprint density at radius 1 is 1.24 bits per heavy atom. The van der Waals surface area contributed by atoms with E-state index in [1.165, 1.54) is 20.1 Å². The van der Waals surface area contributed by atoms with Crippen LogP contribution in [0.25, 0.3) is 0 Å². The van der Waals surface area contributed by atoms with E-state index in [1.807, 2.05) is 0 Å². The monoisotopic (exact) mass is 297 g/mol. The minimum atomic E-state index is -1.52. The highest BCUT2D eigenvalue weighted by molar-refractivity contribution is 5.82. The molecule has 0 heterocycles. The molecule has 0 spiro atoms. The van der Waals surface area contributed by atoms with Crippen molar-refractivity contribution in [3.63, 3.8) is 0 Å². The van der Waals surface area contributed by atoms with Gasteiger partial charge in [0.2, 0.25) is 0 Å². The average molecular weight is 297 g/mol. The minimum Gasteiger partial charge on any atom is -0.467 e. The third-order valence-corrected chi connectivity index (χ3v) is 4.15. The molecule has 1 aromatic carbocycles. The topological polar surface area (TPSA) is 38.3 Å². The van der Waals surface area contributed by atoms with Crippen LogP contribution in [0.2, 0.25) is 0 Å². The maximum atomic E-state index is 14.1. The number of hydrogen-bond acceptors (Lipinski definition) is 3. The third kappa shape index (κ3) is 3.23. The van der Waals surface area contributed by atoms with Crippen LogP contribution < -0.4 is 5.32 Å². The number of nitrogens with one attached hydrogen (secondary N) is 1. The Balaban J connectivity index is 2.38. The predicted molar refractivity (Wildman–Crippen MR) is 75.7 cm³/mol. The summed E-state index contributed by atoms with van der Waals surface area (Å²) in [5, 5.41) is 3.13. The molecule has 1 saturated carbocycles. The van der Waals surface area contributed by atoms with Crippen molar-refractivity contribution in [3.8, 4) is 0 Å². The van der Waals surface area contributed by atoms with Crippen LogP contribution in [-0.4, -0.2) is 19.1 Å². The van der Waals surface area contributed by atoms with Crippen LogP contribution in [-0.2, 0) is 15.1 Å². The highest BCUT2D eigenvalue weighted by Gasteiger charge is 2.42. The van der Waals surface area contributed by atoms with E-state index in [1.54, 1.807) is 0 Å². The van der Waals surface area contributed by atoms with Gasteiger partial charge in [0.1, 0.15) is 17.2 Å². The van der Waals surface area contributed by atoms with Gasteiger partial charge >= 0.3 is 5.97 Å². The van der Waals surface area contributed by atoms with Crippen LogP contribution in [0.15, 0.2) is 18.2 Å². The van der Waals surface area contributed by atoms with E-state index < -0.39 is 23.1 Å². The summed E-state index contributed by atoms with van der Waals surface area (Å²) in [6, 6.07) is 3.65. The van der Waals surface area contributed by atoms with Gasteiger partial charge in [-0.25, -0.2) is 13.6 Å². The van der Waals surface area contributed by atoms with Crippen molar-refractivity contribution in [1.82, 2.24) is 5.32 Å². The van der Waals surface area contributed by atoms with E-state index in [2.05, 4.69) is 5.32 Å². The summed E-state index contributed by atoms with van der Waals surface area (Å²) in [4.78, 5) is 12.2. The molecule has 0 aromatic heterocycles. The molecule has 1 fully saturated rings. The third-order valence-electron chi connectivity index (χ3n) is 4.15. The SMILES string of the molecule is COC(=O)C(C)(NC1CCCCC1)c1c(F)cccc1F. The van der Waals surface area contributed by atoms with Gasteiger partial charge in [-0.1, -0.05) is 25.3 Å². The van der Waals surface area contributed by atoms with Crippen LogP contribution in [0, 0.1) is 11.6 Å². The van der Waals surface area contributed by atoms with Gasteiger partial charge in [0.05, 0.1) is 12.7 Å². The van der Waals surface area contributed by atoms with Gasteiger partial charge in [-0.15, -0.1) is 0 Å². The van der Waals surface area contributed by atoms with Crippen molar-refractivity contribution in [2.24, 2.45) is 0 Å². The van der Waals surface area contributed by atoms with Gasteiger partial charge in [0, 0.05) is 6.04 Å². The first kappa shape index (κ1) is 15.9. The first-order valence-electron chi connectivity index (χ1n) is 7.29. The molecule has 1 aromatic rings. The summed E-state index contributed by atoms with van der Waals surface area (Å²) in [6.07, 6.45) is 5.04. The fraction of sp³-hybridized carbons (Fsp3) is 0.562. The van der Waals surface area contributed by atoms with Crippen LogP contribution in [0.4, 0.5) is 8.78 Å². The van der Waals surface area contributed by atoms with Crippen LogP contribution in [0.3, 0.4) is 0 Å². The molecular formula is C16H21F2NO2. The number of methoxy groups -OCH3 is 1. The van der Waals surface area contributed by atoms with Crippen LogP contribution in [0.1, 0.15) is 44.6 Å². The molecule has 0 aliphatic heterocycles. The quantitative estimate of drug-likeness (QED) is 0.867. The maximum Gasteiger partial charge on any atom is 0.330 e. The molecule has 3 nitrogen and oxygen atoms in total. The molecule has 1 unspecified atom stereocenters. The molecular weight excluding hydrogens is 276 g/mol. The molecule has 1 N–H and O–H groups in total. The largest absolute Gasteiger partial charge is 0.467 e. The molecule has 2 rings (SSSR count). The first-order chi connectivity index (χ1) is 9.99. The second kappa shape index (κ2) is 6.52. The molecule has 1 aliphatic rings. The van der Waals surface area contributed by atoms with Crippen molar-refractivity contribution in [2.45, 2.75) is 50.6 Å². The summed E-state index contributed by atoms with van der Waals surface area (Å²) < 4.78 is 33.0. The number of ether oxygens (including phenoxy) is 1. The van der Waals surface area contributed by atoms with E-state index in [9.17, 15) is 13.6 Å². The fourth-order valence-corrected chi connectivity index (χ4v) is 3.07. The van der Waals surface area contributed by atoms with Crippen molar-refractivity contribution in [3.05, 3.63) is 35.4 Å². The fourth-order valence-electron chi connectivity index (χ4n) is 3.07. The standard InChI is InChI=1S/C16H21F2NO2/c1-16(15(20)21-2,19-11-7-4-3-5-8-11)14-12(17)9-6-10-13(14)18/h6,9-11,19H,3-5,7-8H2,1-2H3. The predicted octanol–water partition coefficient (Wildman–Crippen LogP) is 3.28. The van der Waals surface area contributed by atoms with Crippen LogP contribution >= 0.6 is 0 Å². The smallest absolute Gasteiger partial charge is 0.330 e. The molecule has 0 radical (unpaired) electrons. The molecule has 0 saturated heterocycles. The lowest BCUT2D eigenvalue weighted by atomic mass is 9.87. The lowest BCUT2D eigenvalue weighted by Crippen LogP contribution is -2.53. The number of benzene rings is 1. The van der Waals surface area contributed by atoms with Crippen LogP contribution in [0.5, 0.6) is 0 Å². The Hall–Kier alpha value is -1.49. The van der Waals surface area contributed by atoms with Gasteiger partial charge in [0.15, 0.2) is 0 Å². The van der Waals surface area contributed by atoms with Crippen molar-refractivity contribution < 1.29 is 18.3 Å². The minimum absolute atomic E-state index is 0.0573.